The highest BCUT2D eigenvalue weighted by atomic mass is 127. The van der Waals surface area contributed by atoms with Crippen LogP contribution in [0.4, 0.5) is 0 Å². The number of guanidine groups is 1. The van der Waals surface area contributed by atoms with Gasteiger partial charge in [0.25, 0.3) is 0 Å². The third-order valence-electron chi connectivity index (χ3n) is 4.33. The summed E-state index contributed by atoms with van der Waals surface area (Å²) in [6.45, 7) is 7.28. The molecular formula is C22H33IN4O. The summed E-state index contributed by atoms with van der Waals surface area (Å²) in [4.78, 5) is 6.42. The lowest BCUT2D eigenvalue weighted by molar-refractivity contribution is 0.261. The predicted octanol–water partition coefficient (Wildman–Crippen LogP) is 3.73. The second kappa shape index (κ2) is 12.6. The van der Waals surface area contributed by atoms with Gasteiger partial charge in [-0.2, -0.15) is 0 Å². The summed E-state index contributed by atoms with van der Waals surface area (Å²) in [7, 11) is 5.87. The zero-order chi connectivity index (χ0) is 19.6. The average molecular weight is 496 g/mol. The number of likely N-dealkylation sites (N-methyl/N-ethyl adjacent to an activating group) is 1. The molecule has 2 N–H and O–H groups in total. The van der Waals surface area contributed by atoms with Crippen LogP contribution in [0, 0.1) is 13.8 Å². The second-order valence-corrected chi connectivity index (χ2v) is 7.01. The number of hydrogen-bond acceptors (Lipinski definition) is 3. The van der Waals surface area contributed by atoms with E-state index in [-0.39, 0.29) is 24.0 Å². The van der Waals surface area contributed by atoms with Crippen LogP contribution in [0.25, 0.3) is 0 Å². The molecule has 28 heavy (non-hydrogen) atoms. The second-order valence-electron chi connectivity index (χ2n) is 7.01. The molecule has 0 bridgehead atoms. The Hall–Kier alpha value is -1.80. The fourth-order valence-corrected chi connectivity index (χ4v) is 2.72. The molecule has 0 saturated heterocycles. The van der Waals surface area contributed by atoms with Crippen molar-refractivity contribution in [1.82, 2.24) is 15.5 Å². The molecule has 0 heterocycles. The van der Waals surface area contributed by atoms with E-state index in [9.17, 15) is 0 Å². The van der Waals surface area contributed by atoms with Gasteiger partial charge in [-0.15, -0.1) is 24.0 Å². The maximum atomic E-state index is 5.80. The molecule has 0 unspecified atom stereocenters. The molecule has 0 spiro atoms. The fraction of sp³-hybridized carbons (Fsp3) is 0.409. The first-order chi connectivity index (χ1) is 13.0. The van der Waals surface area contributed by atoms with Gasteiger partial charge in [0.1, 0.15) is 12.4 Å². The Balaban J connectivity index is 0.00000392. The van der Waals surface area contributed by atoms with Crippen LogP contribution in [0.5, 0.6) is 5.75 Å². The van der Waals surface area contributed by atoms with Gasteiger partial charge in [0.2, 0.25) is 0 Å². The van der Waals surface area contributed by atoms with Gasteiger partial charge in [-0.05, 0) is 56.8 Å². The molecule has 154 valence electrons. The van der Waals surface area contributed by atoms with Crippen molar-refractivity contribution in [2.24, 2.45) is 4.99 Å². The maximum Gasteiger partial charge on any atom is 0.191 e. The Labute approximate surface area is 186 Å². The third kappa shape index (κ3) is 8.48. The number of aryl methyl sites for hydroxylation is 2. The molecule has 0 aromatic heterocycles. The lowest BCUT2D eigenvalue weighted by atomic mass is 10.1. The van der Waals surface area contributed by atoms with Gasteiger partial charge in [0.15, 0.2) is 5.96 Å². The first kappa shape index (κ1) is 24.2. The highest BCUT2D eigenvalue weighted by Gasteiger charge is 2.03. The molecule has 0 amide bonds. The van der Waals surface area contributed by atoms with E-state index in [1.807, 2.05) is 26.2 Å². The summed E-state index contributed by atoms with van der Waals surface area (Å²) >= 11 is 0. The highest BCUT2D eigenvalue weighted by Crippen LogP contribution is 2.13. The summed E-state index contributed by atoms with van der Waals surface area (Å²) in [6, 6.07) is 14.7. The number of aliphatic imine (C=N–C) groups is 1. The Morgan fingerprint density at radius 3 is 2.46 bits per heavy atom. The van der Waals surface area contributed by atoms with E-state index in [4.69, 9.17) is 4.74 Å². The summed E-state index contributed by atoms with van der Waals surface area (Å²) < 4.78 is 5.80. The maximum absolute atomic E-state index is 5.80. The van der Waals surface area contributed by atoms with Gasteiger partial charge in [0.05, 0.1) is 0 Å². The lowest BCUT2D eigenvalue weighted by Gasteiger charge is -2.14. The van der Waals surface area contributed by atoms with Crippen LogP contribution in [-0.2, 0) is 13.1 Å². The molecule has 0 aliphatic carbocycles. The van der Waals surface area contributed by atoms with Crippen molar-refractivity contribution >= 4 is 29.9 Å². The molecule has 6 heteroatoms. The zero-order valence-electron chi connectivity index (χ0n) is 17.6. The number of halogens is 1. The van der Waals surface area contributed by atoms with Crippen molar-refractivity contribution in [1.29, 1.82) is 0 Å². The first-order valence-corrected chi connectivity index (χ1v) is 9.35. The van der Waals surface area contributed by atoms with Gasteiger partial charge in [-0.25, -0.2) is 0 Å². The largest absolute Gasteiger partial charge is 0.492 e. The quantitative estimate of drug-likeness (QED) is 0.332. The standard InChI is InChI=1S/C22H32N4O.HI/c1-17-9-10-20(18(2)13-17)16-25-22(23-3)24-15-19-7-6-8-21(14-19)27-12-11-26(4)5;/h6-10,13-14H,11-12,15-16H2,1-5H3,(H2,23,24,25);1H. The third-order valence-corrected chi connectivity index (χ3v) is 4.33. The lowest BCUT2D eigenvalue weighted by Crippen LogP contribution is -2.36. The van der Waals surface area contributed by atoms with Crippen molar-refractivity contribution in [2.45, 2.75) is 26.9 Å². The van der Waals surface area contributed by atoms with Crippen LogP contribution in [0.2, 0.25) is 0 Å². The summed E-state index contributed by atoms with van der Waals surface area (Å²) in [6.07, 6.45) is 0. The molecule has 0 radical (unpaired) electrons. The van der Waals surface area contributed by atoms with E-state index < -0.39 is 0 Å². The molecule has 2 aromatic carbocycles. The van der Waals surface area contributed by atoms with E-state index in [0.29, 0.717) is 13.2 Å². The van der Waals surface area contributed by atoms with E-state index in [1.165, 1.54) is 16.7 Å². The van der Waals surface area contributed by atoms with Crippen LogP contribution in [-0.4, -0.2) is 45.2 Å². The SMILES string of the molecule is CN=C(NCc1cccc(OCCN(C)C)c1)NCc1ccc(C)cc1C.I. The normalized spacial score (nSPS) is 11.1. The summed E-state index contributed by atoms with van der Waals surface area (Å²) in [5.74, 6) is 1.68. The van der Waals surface area contributed by atoms with Gasteiger partial charge in [-0.1, -0.05) is 35.9 Å². The van der Waals surface area contributed by atoms with E-state index in [1.54, 1.807) is 7.05 Å². The van der Waals surface area contributed by atoms with Crippen molar-refractivity contribution in [3.63, 3.8) is 0 Å². The van der Waals surface area contributed by atoms with E-state index in [2.05, 4.69) is 64.7 Å². The topological polar surface area (TPSA) is 48.9 Å². The Bertz CT molecular complexity index is 762. The number of rotatable bonds is 8. The van der Waals surface area contributed by atoms with Crippen LogP contribution in [0.3, 0.4) is 0 Å². The molecule has 0 fully saturated rings. The zero-order valence-corrected chi connectivity index (χ0v) is 19.9. The molecule has 5 nitrogen and oxygen atoms in total. The number of ether oxygens (including phenoxy) is 1. The number of nitrogens with one attached hydrogen (secondary N) is 2. The molecule has 0 aliphatic heterocycles. The van der Waals surface area contributed by atoms with Crippen molar-refractivity contribution in [3.8, 4) is 5.75 Å². The fourth-order valence-electron chi connectivity index (χ4n) is 2.72. The molecule has 2 rings (SSSR count). The molecule has 0 atom stereocenters. The summed E-state index contributed by atoms with van der Waals surface area (Å²) in [5.41, 5.74) is 5.01. The van der Waals surface area contributed by atoms with Crippen LogP contribution in [0.15, 0.2) is 47.5 Å². The monoisotopic (exact) mass is 496 g/mol. The van der Waals surface area contributed by atoms with Gasteiger partial charge in [0, 0.05) is 26.7 Å². The van der Waals surface area contributed by atoms with Crippen molar-refractivity contribution in [2.75, 3.05) is 34.3 Å². The molecule has 0 aliphatic rings. The van der Waals surface area contributed by atoms with Crippen molar-refractivity contribution < 1.29 is 4.74 Å². The Morgan fingerprint density at radius 1 is 1.04 bits per heavy atom. The smallest absolute Gasteiger partial charge is 0.191 e. The van der Waals surface area contributed by atoms with Crippen molar-refractivity contribution in [3.05, 3.63) is 64.7 Å². The Kier molecular flexibility index (Phi) is 10.9. The van der Waals surface area contributed by atoms with E-state index in [0.717, 1.165) is 30.4 Å². The van der Waals surface area contributed by atoms with Gasteiger partial charge < -0.3 is 20.3 Å². The molecular weight excluding hydrogens is 463 g/mol. The number of benzene rings is 2. The van der Waals surface area contributed by atoms with Gasteiger partial charge in [-0.3, -0.25) is 4.99 Å². The first-order valence-electron chi connectivity index (χ1n) is 9.35. The molecule has 0 saturated carbocycles. The number of nitrogens with zero attached hydrogens (tertiary/aromatic N) is 2. The minimum absolute atomic E-state index is 0. The van der Waals surface area contributed by atoms with Gasteiger partial charge >= 0.3 is 0 Å². The highest BCUT2D eigenvalue weighted by molar-refractivity contribution is 14.0. The predicted molar refractivity (Wildman–Crippen MR) is 129 cm³/mol. The number of hydrogen-bond donors (Lipinski definition) is 2. The average Bonchev–Trinajstić information content (AvgIpc) is 2.63. The Morgan fingerprint density at radius 2 is 1.79 bits per heavy atom. The summed E-state index contributed by atoms with van der Waals surface area (Å²) in [5, 5.41) is 6.74. The van der Waals surface area contributed by atoms with E-state index >= 15 is 0 Å². The van der Waals surface area contributed by atoms with Crippen LogP contribution < -0.4 is 15.4 Å². The molecule has 2 aromatic rings. The minimum Gasteiger partial charge on any atom is -0.492 e. The minimum atomic E-state index is 0. The van der Waals surface area contributed by atoms with Crippen LogP contribution >= 0.6 is 24.0 Å². The van der Waals surface area contributed by atoms with Crippen LogP contribution in [0.1, 0.15) is 22.3 Å².